The Morgan fingerprint density at radius 3 is 1.10 bits per heavy atom. The maximum Gasteiger partial charge on any atom is 0.220 e. The van der Waals surface area contributed by atoms with Gasteiger partial charge in [0.2, 0.25) is 5.91 Å². The van der Waals surface area contributed by atoms with Crippen LogP contribution in [0.1, 0.15) is 303 Å². The molecular formula is C63H123NO13. The zero-order chi connectivity index (χ0) is 56.0. The van der Waals surface area contributed by atoms with E-state index in [0.29, 0.717) is 12.8 Å². The first-order valence-electron chi connectivity index (χ1n) is 32.8. The molecular weight excluding hydrogens is 979 g/mol. The summed E-state index contributed by atoms with van der Waals surface area (Å²) < 4.78 is 22.8. The number of hydrogen-bond acceptors (Lipinski definition) is 13. The van der Waals surface area contributed by atoms with E-state index in [2.05, 4.69) is 19.2 Å². The van der Waals surface area contributed by atoms with E-state index in [1.807, 2.05) is 0 Å². The van der Waals surface area contributed by atoms with Crippen molar-refractivity contribution in [2.75, 3.05) is 19.8 Å². The molecule has 4 unspecified atom stereocenters. The molecule has 0 aromatic heterocycles. The first-order chi connectivity index (χ1) is 37.6. The Hall–Kier alpha value is -1.01. The fourth-order valence-electron chi connectivity index (χ4n) is 11.3. The second-order valence-electron chi connectivity index (χ2n) is 23.6. The minimum atomic E-state index is -1.78. The van der Waals surface area contributed by atoms with Gasteiger partial charge < -0.3 is 65.1 Å². The van der Waals surface area contributed by atoms with Gasteiger partial charge in [0.05, 0.1) is 32.0 Å². The van der Waals surface area contributed by atoms with E-state index in [4.69, 9.17) is 18.9 Å². The maximum absolute atomic E-state index is 13.2. The quantitative estimate of drug-likeness (QED) is 0.0259. The van der Waals surface area contributed by atoms with Crippen LogP contribution in [-0.4, -0.2) is 140 Å². The van der Waals surface area contributed by atoms with E-state index in [9.17, 15) is 45.6 Å². The highest BCUT2D eigenvalue weighted by Crippen LogP contribution is 2.30. The summed E-state index contributed by atoms with van der Waals surface area (Å²) in [5.41, 5.74) is 0. The number of aliphatic hydroxyl groups is 8. The molecule has 14 heteroatoms. The molecule has 2 saturated heterocycles. The minimum absolute atomic E-state index is 0.202. The van der Waals surface area contributed by atoms with Gasteiger partial charge >= 0.3 is 0 Å². The number of rotatable bonds is 54. The summed E-state index contributed by atoms with van der Waals surface area (Å²) in [7, 11) is 0. The lowest BCUT2D eigenvalue weighted by Crippen LogP contribution is -2.65. The normalized spacial score (nSPS) is 24.6. The Balaban J connectivity index is 1.54. The molecule has 14 nitrogen and oxygen atoms in total. The molecule has 0 saturated carbocycles. The zero-order valence-electron chi connectivity index (χ0n) is 49.5. The predicted molar refractivity (Wildman–Crippen MR) is 309 cm³/mol. The van der Waals surface area contributed by atoms with Crippen LogP contribution in [0.5, 0.6) is 0 Å². The molecule has 9 N–H and O–H groups in total. The first kappa shape index (κ1) is 72.1. The minimum Gasteiger partial charge on any atom is -0.394 e. The molecule has 0 aromatic rings. The Kier molecular flexibility index (Phi) is 46.4. The van der Waals surface area contributed by atoms with Crippen LogP contribution in [-0.2, 0) is 23.7 Å². The molecule has 2 aliphatic heterocycles. The van der Waals surface area contributed by atoms with Crippen LogP contribution < -0.4 is 5.32 Å². The summed E-state index contributed by atoms with van der Waals surface area (Å²) in [5, 5.41) is 87.0. The average molecular weight is 1100 g/mol. The van der Waals surface area contributed by atoms with Gasteiger partial charge in [-0.1, -0.05) is 284 Å². The fourth-order valence-corrected chi connectivity index (χ4v) is 11.3. The highest BCUT2D eigenvalue weighted by Gasteiger charge is 2.51. The molecule has 1 amide bonds. The third kappa shape index (κ3) is 34.9. The van der Waals surface area contributed by atoms with E-state index in [0.717, 1.165) is 51.4 Å². The number of nitrogens with one attached hydrogen (secondary N) is 1. The predicted octanol–water partition coefficient (Wildman–Crippen LogP) is 12.1. The van der Waals surface area contributed by atoms with E-state index >= 15 is 0 Å². The van der Waals surface area contributed by atoms with Crippen LogP contribution in [0.25, 0.3) is 0 Å². The smallest absolute Gasteiger partial charge is 0.220 e. The van der Waals surface area contributed by atoms with Crippen LogP contribution in [0.4, 0.5) is 0 Å². The van der Waals surface area contributed by atoms with Crippen LogP contribution in [0.3, 0.4) is 0 Å². The van der Waals surface area contributed by atoms with Crippen molar-refractivity contribution in [1.82, 2.24) is 5.32 Å². The van der Waals surface area contributed by atoms with Crippen molar-refractivity contribution in [3.05, 3.63) is 0 Å². The molecule has 0 spiro atoms. The molecule has 458 valence electrons. The lowest BCUT2D eigenvalue weighted by molar-refractivity contribution is -0.359. The third-order valence-corrected chi connectivity index (χ3v) is 16.6. The molecule has 0 aliphatic carbocycles. The van der Waals surface area contributed by atoms with Crippen molar-refractivity contribution in [3.8, 4) is 0 Å². The second kappa shape index (κ2) is 49.6. The van der Waals surface area contributed by atoms with Gasteiger partial charge in [-0.25, -0.2) is 0 Å². The molecule has 77 heavy (non-hydrogen) atoms. The van der Waals surface area contributed by atoms with Gasteiger partial charge in [0.15, 0.2) is 12.6 Å². The molecule has 0 radical (unpaired) electrons. The molecule has 0 bridgehead atoms. The molecule has 2 aliphatic rings. The molecule has 0 aromatic carbocycles. The van der Waals surface area contributed by atoms with Crippen molar-refractivity contribution in [2.45, 2.75) is 376 Å². The number of ether oxygens (including phenoxy) is 4. The third-order valence-electron chi connectivity index (χ3n) is 16.6. The summed E-state index contributed by atoms with van der Waals surface area (Å²) in [6, 6.07) is -0.821. The summed E-state index contributed by atoms with van der Waals surface area (Å²) in [5.74, 6) is -0.202. The monoisotopic (exact) mass is 1100 g/mol. The lowest BCUT2D eigenvalue weighted by Gasteiger charge is -2.46. The summed E-state index contributed by atoms with van der Waals surface area (Å²) in [6.45, 7) is 2.86. The van der Waals surface area contributed by atoms with Gasteiger partial charge in [-0.05, 0) is 12.8 Å². The summed E-state index contributed by atoms with van der Waals surface area (Å²) in [6.07, 6.45) is 40.3. The molecule has 12 atom stereocenters. The van der Waals surface area contributed by atoms with Gasteiger partial charge in [0.1, 0.15) is 48.8 Å². The van der Waals surface area contributed by atoms with Gasteiger partial charge in [0.25, 0.3) is 0 Å². The highest BCUT2D eigenvalue weighted by atomic mass is 16.7. The van der Waals surface area contributed by atoms with E-state index in [1.165, 1.54) is 225 Å². The van der Waals surface area contributed by atoms with Crippen LogP contribution in [0.15, 0.2) is 0 Å². The number of amides is 1. The van der Waals surface area contributed by atoms with Crippen molar-refractivity contribution < 1.29 is 64.6 Å². The van der Waals surface area contributed by atoms with E-state index in [-0.39, 0.29) is 12.5 Å². The highest BCUT2D eigenvalue weighted by molar-refractivity contribution is 5.76. The van der Waals surface area contributed by atoms with Crippen molar-refractivity contribution >= 4 is 5.91 Å². The Morgan fingerprint density at radius 2 is 0.740 bits per heavy atom. The SMILES string of the molecule is CCCCCCCCCCCCCCCCCCCCCCCCCCCCCCCCCCCCC(=O)N[C@@H](CO[C@@H]1O[C@H](CO)[C@@H](O[C@@H]2O[C@H](CO)[C@H](O)C(O)C2O)C(O)C1O)[C@H](O)CCCCCCCCCCC. The number of carbonyl (C=O) groups is 1. The van der Waals surface area contributed by atoms with Crippen LogP contribution in [0.2, 0.25) is 0 Å². The summed E-state index contributed by atoms with van der Waals surface area (Å²) >= 11 is 0. The molecule has 2 fully saturated rings. The number of unbranched alkanes of at least 4 members (excludes halogenated alkanes) is 41. The van der Waals surface area contributed by atoms with Gasteiger partial charge in [-0.2, -0.15) is 0 Å². The molecule has 2 rings (SSSR count). The number of hydrogen-bond donors (Lipinski definition) is 9. The van der Waals surface area contributed by atoms with Crippen molar-refractivity contribution in [2.24, 2.45) is 0 Å². The van der Waals surface area contributed by atoms with Gasteiger partial charge in [-0.15, -0.1) is 0 Å². The Labute approximate surface area is 470 Å². The fraction of sp³-hybridized carbons (Fsp3) is 0.984. The standard InChI is InChI=1S/C63H123NO13/c1-3-5-7-9-11-13-14-15-16-17-18-19-20-21-22-23-24-25-26-27-28-29-30-31-32-33-34-35-36-37-39-41-43-45-47-55(68)64-51(52(67)46-44-42-40-38-12-10-8-6-4-2)50-74-62-60(73)58(71)61(54(49-66)76-62)77-63-59(72)57(70)56(69)53(48-65)75-63/h51-54,56-63,65-67,69-73H,3-50H2,1-2H3,(H,64,68)/t51-,52+,53+,54+,56-,57?,58?,59?,60?,61+,62+,63-/m0/s1. The number of aliphatic hydroxyl groups excluding tert-OH is 8. The number of carbonyl (C=O) groups excluding carboxylic acids is 1. The van der Waals surface area contributed by atoms with Crippen LogP contribution >= 0.6 is 0 Å². The van der Waals surface area contributed by atoms with Gasteiger partial charge in [-0.3, -0.25) is 4.79 Å². The van der Waals surface area contributed by atoms with Crippen LogP contribution in [0, 0.1) is 0 Å². The average Bonchev–Trinajstić information content (AvgIpc) is 3.44. The summed E-state index contributed by atoms with van der Waals surface area (Å²) in [4.78, 5) is 13.2. The Morgan fingerprint density at radius 1 is 0.416 bits per heavy atom. The lowest BCUT2D eigenvalue weighted by atomic mass is 9.97. The maximum atomic E-state index is 13.2. The van der Waals surface area contributed by atoms with E-state index < -0.39 is 86.8 Å². The van der Waals surface area contributed by atoms with Crippen molar-refractivity contribution in [1.29, 1.82) is 0 Å². The second-order valence-corrected chi connectivity index (χ2v) is 23.6. The largest absolute Gasteiger partial charge is 0.394 e. The Bertz CT molecular complexity index is 1300. The topological polar surface area (TPSA) is 228 Å². The first-order valence-corrected chi connectivity index (χ1v) is 32.8. The molecule has 2 heterocycles. The van der Waals surface area contributed by atoms with Gasteiger partial charge in [0, 0.05) is 6.42 Å². The van der Waals surface area contributed by atoms with Crippen molar-refractivity contribution in [3.63, 3.8) is 0 Å². The zero-order valence-corrected chi connectivity index (χ0v) is 49.5. The van der Waals surface area contributed by atoms with E-state index in [1.54, 1.807) is 0 Å².